The highest BCUT2D eigenvalue weighted by atomic mass is 16.5. The third-order valence-corrected chi connectivity index (χ3v) is 5.54. The third kappa shape index (κ3) is 3.27. The van der Waals surface area contributed by atoms with E-state index in [4.69, 9.17) is 4.74 Å². The fraction of sp³-hybridized carbons (Fsp3) is 0.429. The molecule has 3 fully saturated rings. The Balaban J connectivity index is 2.20. The molecule has 0 radical (unpaired) electrons. The van der Waals surface area contributed by atoms with Crippen LogP contribution in [0.2, 0.25) is 0 Å². The van der Waals surface area contributed by atoms with Crippen molar-refractivity contribution in [3.63, 3.8) is 0 Å². The van der Waals surface area contributed by atoms with Gasteiger partial charge in [-0.3, -0.25) is 9.59 Å². The molecule has 3 saturated heterocycles. The number of carbonyl (C=O) groups excluding carboxylic acids is 2. The van der Waals surface area contributed by atoms with Crippen molar-refractivity contribution in [2.24, 2.45) is 11.8 Å². The smallest absolute Gasteiger partial charge is 0.313 e. The Kier molecular flexibility index (Phi) is 5.21. The van der Waals surface area contributed by atoms with Crippen LogP contribution in [0.3, 0.4) is 0 Å². The first-order valence-electron chi connectivity index (χ1n) is 9.35. The van der Waals surface area contributed by atoms with Gasteiger partial charge in [-0.2, -0.15) is 10.5 Å². The Labute approximate surface area is 169 Å². The molecule has 3 aliphatic rings. The molecule has 4 atom stereocenters. The van der Waals surface area contributed by atoms with Gasteiger partial charge in [0.1, 0.15) is 29.3 Å². The number of esters is 1. The van der Waals surface area contributed by atoms with Gasteiger partial charge in [0.25, 0.3) is 0 Å². The summed E-state index contributed by atoms with van der Waals surface area (Å²) in [5, 5.41) is 24.7. The number of fused-ring (bicyclic) bond motifs is 3. The van der Waals surface area contributed by atoms with Crippen LogP contribution < -0.4 is 15.5 Å². The topological polar surface area (TPSA) is 118 Å². The fourth-order valence-corrected chi connectivity index (χ4v) is 4.26. The normalized spacial score (nSPS) is 27.2. The number of ether oxygens (including phenoxy) is 1. The minimum absolute atomic E-state index is 0.159. The molecule has 0 aliphatic carbocycles. The van der Waals surface area contributed by atoms with Crippen molar-refractivity contribution in [1.29, 1.82) is 10.5 Å². The second kappa shape index (κ2) is 7.48. The molecular formula is C21H23N5O3. The Morgan fingerprint density at radius 2 is 1.83 bits per heavy atom. The van der Waals surface area contributed by atoms with Crippen molar-refractivity contribution in [1.82, 2.24) is 10.6 Å². The summed E-state index contributed by atoms with van der Waals surface area (Å²) in [5.41, 5.74) is 0.657. The Bertz CT molecular complexity index is 938. The van der Waals surface area contributed by atoms with Gasteiger partial charge in [0, 0.05) is 25.7 Å². The summed E-state index contributed by atoms with van der Waals surface area (Å²) >= 11 is 0. The van der Waals surface area contributed by atoms with E-state index in [0.717, 1.165) is 11.3 Å². The molecule has 4 rings (SSSR count). The lowest BCUT2D eigenvalue weighted by atomic mass is 9.63. The fourth-order valence-electron chi connectivity index (χ4n) is 4.26. The summed E-state index contributed by atoms with van der Waals surface area (Å²) in [7, 11) is 3.84. The van der Waals surface area contributed by atoms with Crippen LogP contribution in [-0.2, 0) is 14.3 Å². The first-order valence-corrected chi connectivity index (χ1v) is 9.35. The Hall–Kier alpha value is -3.52. The summed E-state index contributed by atoms with van der Waals surface area (Å²) < 4.78 is 5.31. The number of rotatable bonds is 4. The van der Waals surface area contributed by atoms with Gasteiger partial charge in [-0.1, -0.05) is 12.1 Å². The molecular weight excluding hydrogens is 370 g/mol. The maximum Gasteiger partial charge on any atom is 0.313 e. The predicted octanol–water partition coefficient (Wildman–Crippen LogP) is 1.38. The number of hydrogen-bond donors (Lipinski definition) is 2. The molecule has 0 spiro atoms. The monoisotopic (exact) mass is 393 g/mol. The van der Waals surface area contributed by atoms with Crippen molar-refractivity contribution < 1.29 is 14.3 Å². The second-order valence-electron chi connectivity index (χ2n) is 7.55. The zero-order valence-corrected chi connectivity index (χ0v) is 16.8. The number of nitriles is 2. The van der Waals surface area contributed by atoms with Crippen molar-refractivity contribution >= 4 is 17.6 Å². The molecule has 29 heavy (non-hydrogen) atoms. The van der Waals surface area contributed by atoms with Gasteiger partial charge >= 0.3 is 5.97 Å². The molecule has 0 saturated carbocycles. The maximum absolute atomic E-state index is 12.9. The first-order chi connectivity index (χ1) is 13.8. The van der Waals surface area contributed by atoms with Gasteiger partial charge in [0.15, 0.2) is 0 Å². The highest BCUT2D eigenvalue weighted by Crippen LogP contribution is 2.49. The van der Waals surface area contributed by atoms with E-state index < -0.39 is 29.4 Å². The van der Waals surface area contributed by atoms with Crippen LogP contribution in [0.15, 0.2) is 35.5 Å². The minimum atomic E-state index is -1.18. The number of hydrogen-bond acceptors (Lipinski definition) is 7. The Morgan fingerprint density at radius 1 is 1.21 bits per heavy atom. The Morgan fingerprint density at radius 3 is 2.34 bits per heavy atom. The highest BCUT2D eigenvalue weighted by molar-refractivity contribution is 5.91. The molecule has 150 valence electrons. The van der Waals surface area contributed by atoms with Gasteiger partial charge in [-0.25, -0.2) is 0 Å². The molecule has 2 bridgehead atoms. The molecule has 8 nitrogen and oxygen atoms in total. The summed E-state index contributed by atoms with van der Waals surface area (Å²) in [6.07, 6.45) is 0. The number of nitrogens with one attached hydrogen (secondary N) is 2. The third-order valence-electron chi connectivity index (χ3n) is 5.54. The molecule has 2 N–H and O–H groups in total. The van der Waals surface area contributed by atoms with Gasteiger partial charge in [0.05, 0.1) is 18.2 Å². The van der Waals surface area contributed by atoms with Crippen molar-refractivity contribution in [3.8, 4) is 12.1 Å². The van der Waals surface area contributed by atoms with E-state index in [1.165, 1.54) is 0 Å². The first kappa shape index (κ1) is 20.2. The van der Waals surface area contributed by atoms with Crippen LogP contribution in [0.25, 0.3) is 0 Å². The summed E-state index contributed by atoms with van der Waals surface area (Å²) in [6, 6.07) is 11.3. The summed E-state index contributed by atoms with van der Waals surface area (Å²) in [4.78, 5) is 27.8. The van der Waals surface area contributed by atoms with E-state index in [0.29, 0.717) is 0 Å². The highest BCUT2D eigenvalue weighted by Gasteiger charge is 2.61. The molecule has 1 aromatic rings. The molecule has 8 heteroatoms. The van der Waals surface area contributed by atoms with Crippen LogP contribution >= 0.6 is 0 Å². The maximum atomic E-state index is 12.9. The standard InChI is InChI=1S/C21H23N5O3/c1-5-29-20(28)17-15(12-6-8-14(9-7-12)26(3)4)16-18(13(10-22)11-23)24-21(17,2)25-19(16)27/h6-9,15-17,24H,5H2,1-4H3,(H,25,27). The molecule has 4 unspecified atom stereocenters. The van der Waals surface area contributed by atoms with Crippen LogP contribution in [0.5, 0.6) is 0 Å². The number of carbonyl (C=O) groups is 2. The summed E-state index contributed by atoms with van der Waals surface area (Å²) in [6.45, 7) is 3.61. The quantitative estimate of drug-likeness (QED) is 0.586. The van der Waals surface area contributed by atoms with Crippen LogP contribution in [0.1, 0.15) is 25.3 Å². The molecule has 0 aromatic heterocycles. The molecule has 1 aromatic carbocycles. The lowest BCUT2D eigenvalue weighted by molar-refractivity contribution is -0.160. The number of piperidine rings is 2. The number of allylic oxidation sites excluding steroid dienone is 1. The van der Waals surface area contributed by atoms with Gasteiger partial charge in [-0.15, -0.1) is 0 Å². The molecule has 3 heterocycles. The zero-order chi connectivity index (χ0) is 21.3. The van der Waals surface area contributed by atoms with E-state index in [2.05, 4.69) is 10.6 Å². The number of anilines is 1. The average Bonchev–Trinajstić information content (AvgIpc) is 2.67. The van der Waals surface area contributed by atoms with Crippen LogP contribution in [-0.4, -0.2) is 38.2 Å². The largest absolute Gasteiger partial charge is 0.466 e. The van der Waals surface area contributed by atoms with E-state index in [1.807, 2.05) is 55.4 Å². The lowest BCUT2D eigenvalue weighted by Crippen LogP contribution is -2.75. The minimum Gasteiger partial charge on any atom is -0.466 e. The van der Waals surface area contributed by atoms with E-state index in [-0.39, 0.29) is 23.8 Å². The van der Waals surface area contributed by atoms with E-state index in [9.17, 15) is 20.1 Å². The molecule has 1 amide bonds. The van der Waals surface area contributed by atoms with Crippen LogP contribution in [0, 0.1) is 34.5 Å². The SMILES string of the molecule is CCOC(=O)C1C(c2ccc(N(C)C)cc2)C2C(=O)NC1(C)NC2=C(C#N)C#N. The van der Waals surface area contributed by atoms with Gasteiger partial charge in [-0.05, 0) is 31.5 Å². The summed E-state index contributed by atoms with van der Waals surface area (Å²) in [5.74, 6) is -2.93. The van der Waals surface area contributed by atoms with Crippen molar-refractivity contribution in [2.45, 2.75) is 25.4 Å². The number of amides is 1. The van der Waals surface area contributed by atoms with Crippen LogP contribution in [0.4, 0.5) is 5.69 Å². The number of nitrogens with zero attached hydrogens (tertiary/aromatic N) is 3. The zero-order valence-electron chi connectivity index (χ0n) is 16.8. The average molecular weight is 393 g/mol. The molecule has 3 aliphatic heterocycles. The van der Waals surface area contributed by atoms with E-state index in [1.54, 1.807) is 13.8 Å². The second-order valence-corrected chi connectivity index (χ2v) is 7.55. The van der Waals surface area contributed by atoms with Gasteiger partial charge in [0.2, 0.25) is 5.91 Å². The number of benzene rings is 1. The van der Waals surface area contributed by atoms with Gasteiger partial charge < -0.3 is 20.3 Å². The van der Waals surface area contributed by atoms with Crippen molar-refractivity contribution in [3.05, 3.63) is 41.1 Å². The lowest BCUT2D eigenvalue weighted by Gasteiger charge is -2.55. The van der Waals surface area contributed by atoms with E-state index >= 15 is 0 Å². The van der Waals surface area contributed by atoms with Crippen molar-refractivity contribution in [2.75, 3.05) is 25.6 Å². The predicted molar refractivity (Wildman–Crippen MR) is 105 cm³/mol.